The van der Waals surface area contributed by atoms with Gasteiger partial charge >= 0.3 is 0 Å². The normalized spacial score (nSPS) is 9.75. The molecule has 0 bridgehead atoms. The molecule has 0 aromatic heterocycles. The zero-order valence-electron chi connectivity index (χ0n) is 15.6. The summed E-state index contributed by atoms with van der Waals surface area (Å²) >= 11 is 0. The monoisotopic (exact) mass is 371 g/mol. The molecule has 0 saturated heterocycles. The van der Waals surface area contributed by atoms with E-state index in [-0.39, 0.29) is 19.1 Å². The summed E-state index contributed by atoms with van der Waals surface area (Å²) in [6, 6.07) is 24.3. The molecule has 0 aliphatic rings. The number of rotatable bonds is 6. The Morgan fingerprint density at radius 1 is 0.857 bits per heavy atom. The Kier molecular flexibility index (Phi) is 6.70. The predicted octanol–water partition coefficient (Wildman–Crippen LogP) is 4.60. The number of hydrogen-bond acceptors (Lipinski definition) is 3. The van der Waals surface area contributed by atoms with E-state index in [1.807, 2.05) is 61.5 Å². The van der Waals surface area contributed by atoms with Crippen molar-refractivity contribution in [2.45, 2.75) is 6.92 Å². The largest absolute Gasteiger partial charge is 0.481 e. The van der Waals surface area contributed by atoms with Crippen LogP contribution in [0.4, 0.5) is 0 Å². The average Bonchev–Trinajstić information content (AvgIpc) is 2.73. The van der Waals surface area contributed by atoms with Crippen LogP contribution in [0.3, 0.4) is 0 Å². The Morgan fingerprint density at radius 2 is 1.54 bits per heavy atom. The second-order valence-corrected chi connectivity index (χ2v) is 6.03. The lowest BCUT2D eigenvalue weighted by atomic mass is 10.2. The third-order valence-electron chi connectivity index (χ3n) is 3.95. The van der Waals surface area contributed by atoms with Gasteiger partial charge in [0.2, 0.25) is 0 Å². The van der Waals surface area contributed by atoms with Crippen LogP contribution in [-0.4, -0.2) is 19.1 Å². The number of carbonyl (C=O) groups excluding carboxylic acids is 1. The first-order chi connectivity index (χ1) is 13.7. The molecule has 1 amide bonds. The van der Waals surface area contributed by atoms with Gasteiger partial charge in [0, 0.05) is 5.56 Å². The summed E-state index contributed by atoms with van der Waals surface area (Å²) in [7, 11) is 0. The molecule has 0 aliphatic carbocycles. The molecule has 4 heteroatoms. The number of aryl methyl sites for hydroxylation is 1. The van der Waals surface area contributed by atoms with Crippen molar-refractivity contribution in [2.24, 2.45) is 0 Å². The fraction of sp³-hybridized carbons (Fsp3) is 0.125. The van der Waals surface area contributed by atoms with Crippen molar-refractivity contribution in [3.8, 4) is 29.1 Å². The zero-order valence-corrected chi connectivity index (χ0v) is 15.6. The Hall–Kier alpha value is -3.71. The second-order valence-electron chi connectivity index (χ2n) is 6.03. The van der Waals surface area contributed by atoms with Crippen LogP contribution in [0.1, 0.15) is 15.9 Å². The van der Waals surface area contributed by atoms with Crippen LogP contribution in [0.15, 0.2) is 78.9 Å². The van der Waals surface area contributed by atoms with Crippen molar-refractivity contribution in [2.75, 3.05) is 13.2 Å². The average molecular weight is 371 g/mol. The number of para-hydroxylation sites is 2. The summed E-state index contributed by atoms with van der Waals surface area (Å²) < 4.78 is 11.3. The molecule has 3 rings (SSSR count). The highest BCUT2D eigenvalue weighted by molar-refractivity contribution is 5.94. The lowest BCUT2D eigenvalue weighted by molar-refractivity contribution is 0.0958. The number of carbonyl (C=O) groups is 1. The number of amides is 1. The van der Waals surface area contributed by atoms with Gasteiger partial charge in [-0.3, -0.25) is 4.79 Å². The quantitative estimate of drug-likeness (QED) is 0.644. The van der Waals surface area contributed by atoms with Crippen LogP contribution in [0.2, 0.25) is 0 Å². The van der Waals surface area contributed by atoms with E-state index >= 15 is 0 Å². The first kappa shape index (κ1) is 19.1. The molecule has 0 aliphatic heterocycles. The van der Waals surface area contributed by atoms with E-state index in [0.717, 1.165) is 17.1 Å². The van der Waals surface area contributed by atoms with Crippen LogP contribution >= 0.6 is 0 Å². The van der Waals surface area contributed by atoms with E-state index < -0.39 is 0 Å². The molecule has 0 radical (unpaired) electrons. The molecule has 0 unspecified atom stereocenters. The van der Waals surface area contributed by atoms with Crippen LogP contribution < -0.4 is 14.8 Å². The molecular weight excluding hydrogens is 350 g/mol. The molecule has 3 aromatic carbocycles. The van der Waals surface area contributed by atoms with Gasteiger partial charge in [-0.15, -0.1) is 0 Å². The Bertz CT molecular complexity index is 970. The standard InChI is InChI=1S/C24H21NO3/c1-19-9-5-6-12-23(19)27-18-8-7-17-25-24(26)20-13-15-22(16-14-20)28-21-10-3-2-4-11-21/h2-6,9-16H,17-18H2,1H3,(H,25,26). The molecule has 140 valence electrons. The maximum absolute atomic E-state index is 12.2. The highest BCUT2D eigenvalue weighted by Gasteiger charge is 2.04. The van der Waals surface area contributed by atoms with Crippen LogP contribution in [0, 0.1) is 18.8 Å². The van der Waals surface area contributed by atoms with Crippen molar-refractivity contribution in [1.82, 2.24) is 5.32 Å². The van der Waals surface area contributed by atoms with Crippen molar-refractivity contribution >= 4 is 5.91 Å². The van der Waals surface area contributed by atoms with Gasteiger partial charge in [0.05, 0.1) is 6.54 Å². The maximum Gasteiger partial charge on any atom is 0.252 e. The highest BCUT2D eigenvalue weighted by atomic mass is 16.5. The third kappa shape index (κ3) is 5.65. The fourth-order valence-electron chi connectivity index (χ4n) is 2.47. The summed E-state index contributed by atoms with van der Waals surface area (Å²) in [4.78, 5) is 12.2. The molecule has 0 heterocycles. The van der Waals surface area contributed by atoms with Gasteiger partial charge in [-0.2, -0.15) is 0 Å². The molecule has 0 spiro atoms. The van der Waals surface area contributed by atoms with Crippen LogP contribution in [-0.2, 0) is 0 Å². The van der Waals surface area contributed by atoms with E-state index in [4.69, 9.17) is 9.47 Å². The van der Waals surface area contributed by atoms with Gasteiger partial charge < -0.3 is 14.8 Å². The van der Waals surface area contributed by atoms with Gasteiger partial charge in [-0.05, 0) is 55.0 Å². The smallest absolute Gasteiger partial charge is 0.252 e. The van der Waals surface area contributed by atoms with E-state index in [2.05, 4.69) is 17.2 Å². The number of benzene rings is 3. The minimum atomic E-state index is -0.180. The van der Waals surface area contributed by atoms with E-state index in [0.29, 0.717) is 11.3 Å². The molecule has 1 N–H and O–H groups in total. The van der Waals surface area contributed by atoms with Crippen molar-refractivity contribution in [1.29, 1.82) is 0 Å². The molecule has 0 atom stereocenters. The summed E-state index contributed by atoms with van der Waals surface area (Å²) in [6.45, 7) is 2.53. The summed E-state index contributed by atoms with van der Waals surface area (Å²) in [5, 5.41) is 2.77. The van der Waals surface area contributed by atoms with Gasteiger partial charge in [-0.25, -0.2) is 0 Å². The minimum Gasteiger partial charge on any atom is -0.481 e. The first-order valence-electron chi connectivity index (χ1n) is 8.98. The van der Waals surface area contributed by atoms with E-state index in [1.54, 1.807) is 24.3 Å². The van der Waals surface area contributed by atoms with Crippen molar-refractivity contribution in [3.63, 3.8) is 0 Å². The van der Waals surface area contributed by atoms with Gasteiger partial charge in [0.15, 0.2) is 0 Å². The highest BCUT2D eigenvalue weighted by Crippen LogP contribution is 2.21. The molecule has 3 aromatic rings. The molecule has 0 fully saturated rings. The Labute approximate surface area is 165 Å². The summed E-state index contributed by atoms with van der Waals surface area (Å²) in [6.07, 6.45) is 0. The summed E-state index contributed by atoms with van der Waals surface area (Å²) in [5.74, 6) is 7.85. The van der Waals surface area contributed by atoms with E-state index in [9.17, 15) is 4.79 Å². The zero-order chi connectivity index (χ0) is 19.6. The number of ether oxygens (including phenoxy) is 2. The van der Waals surface area contributed by atoms with Crippen LogP contribution in [0.25, 0.3) is 0 Å². The number of hydrogen-bond donors (Lipinski definition) is 1. The van der Waals surface area contributed by atoms with Gasteiger partial charge in [-0.1, -0.05) is 48.2 Å². The first-order valence-corrected chi connectivity index (χ1v) is 8.98. The lowest BCUT2D eigenvalue weighted by Crippen LogP contribution is -2.23. The van der Waals surface area contributed by atoms with E-state index in [1.165, 1.54) is 0 Å². The van der Waals surface area contributed by atoms with Crippen molar-refractivity contribution < 1.29 is 14.3 Å². The van der Waals surface area contributed by atoms with Gasteiger partial charge in [0.25, 0.3) is 5.91 Å². The summed E-state index contributed by atoms with van der Waals surface area (Å²) in [5.41, 5.74) is 1.62. The molecule has 28 heavy (non-hydrogen) atoms. The minimum absolute atomic E-state index is 0.180. The Morgan fingerprint density at radius 3 is 2.29 bits per heavy atom. The topological polar surface area (TPSA) is 47.6 Å². The predicted molar refractivity (Wildman–Crippen MR) is 110 cm³/mol. The van der Waals surface area contributed by atoms with Crippen LogP contribution in [0.5, 0.6) is 17.2 Å². The fourth-order valence-corrected chi connectivity index (χ4v) is 2.47. The lowest BCUT2D eigenvalue weighted by Gasteiger charge is -2.06. The molecular formula is C24H21NO3. The maximum atomic E-state index is 12.2. The second kappa shape index (κ2) is 9.84. The van der Waals surface area contributed by atoms with Gasteiger partial charge in [0.1, 0.15) is 23.9 Å². The van der Waals surface area contributed by atoms with Crippen molar-refractivity contribution in [3.05, 3.63) is 90.0 Å². The number of nitrogens with one attached hydrogen (secondary N) is 1. The Balaban J connectivity index is 1.43. The molecule has 0 saturated carbocycles. The third-order valence-corrected chi connectivity index (χ3v) is 3.95. The molecule has 4 nitrogen and oxygen atoms in total. The SMILES string of the molecule is Cc1ccccc1OCC#CCNC(=O)c1ccc(Oc2ccccc2)cc1.